The second-order valence-corrected chi connectivity index (χ2v) is 5.11. The van der Waals surface area contributed by atoms with E-state index in [1.165, 1.54) is 18.2 Å². The van der Waals surface area contributed by atoms with Crippen LogP contribution in [0.5, 0.6) is 0 Å². The van der Waals surface area contributed by atoms with Gasteiger partial charge in [0, 0.05) is 4.47 Å². The monoisotopic (exact) mass is 353 g/mol. The largest absolute Gasteiger partial charge is 0.478 e. The van der Waals surface area contributed by atoms with Gasteiger partial charge < -0.3 is 5.11 Å². The topological polar surface area (TPSA) is 68.0 Å². The molecule has 0 aliphatic heterocycles. The van der Waals surface area contributed by atoms with Gasteiger partial charge in [0.25, 0.3) is 0 Å². The van der Waals surface area contributed by atoms with Crippen LogP contribution in [0.2, 0.25) is 0 Å². The van der Waals surface area contributed by atoms with Gasteiger partial charge >= 0.3 is 5.97 Å². The normalized spacial score (nSPS) is 11.0. The van der Waals surface area contributed by atoms with Crippen LogP contribution < -0.4 is 0 Å². The van der Waals surface area contributed by atoms with Crippen LogP contribution in [-0.2, 0) is 0 Å². The van der Waals surface area contributed by atoms with Gasteiger partial charge in [0.05, 0.1) is 5.56 Å². The summed E-state index contributed by atoms with van der Waals surface area (Å²) < 4.78 is 29.1. The molecule has 3 rings (SSSR count). The van der Waals surface area contributed by atoms with Gasteiger partial charge in [-0.3, -0.25) is 0 Å². The van der Waals surface area contributed by atoms with E-state index in [2.05, 4.69) is 26.2 Å². The molecule has 0 amide bonds. The fourth-order valence-electron chi connectivity index (χ4n) is 2.04. The van der Waals surface area contributed by atoms with Crippen LogP contribution >= 0.6 is 15.9 Å². The second-order valence-electron chi connectivity index (χ2n) is 4.20. The summed E-state index contributed by atoms with van der Waals surface area (Å²) in [4.78, 5) is 11.3. The Morgan fingerprint density at radius 1 is 1.24 bits per heavy atom. The summed E-state index contributed by atoms with van der Waals surface area (Å²) in [6, 6.07) is 6.45. The zero-order valence-corrected chi connectivity index (χ0v) is 11.8. The molecule has 8 heteroatoms. The van der Waals surface area contributed by atoms with E-state index in [0.717, 1.165) is 16.8 Å². The minimum absolute atomic E-state index is 0.0325. The fourth-order valence-corrected chi connectivity index (χ4v) is 2.44. The summed E-state index contributed by atoms with van der Waals surface area (Å²) >= 11 is 2.98. The van der Waals surface area contributed by atoms with Crippen molar-refractivity contribution in [2.24, 2.45) is 0 Å². The molecule has 106 valence electrons. The summed E-state index contributed by atoms with van der Waals surface area (Å²) in [7, 11) is 0. The summed E-state index contributed by atoms with van der Waals surface area (Å²) in [5.41, 5.74) is -0.352. The Balaban J connectivity index is 2.39. The zero-order chi connectivity index (χ0) is 15.1. The zero-order valence-electron chi connectivity index (χ0n) is 10.2. The van der Waals surface area contributed by atoms with Crippen molar-refractivity contribution in [3.05, 3.63) is 52.0 Å². The molecule has 3 aromatic rings. The van der Waals surface area contributed by atoms with E-state index in [-0.39, 0.29) is 21.1 Å². The van der Waals surface area contributed by atoms with Crippen molar-refractivity contribution in [3.63, 3.8) is 0 Å². The number of aromatic carboxylic acids is 1. The summed E-state index contributed by atoms with van der Waals surface area (Å²) in [5.74, 6) is -3.00. The third-order valence-corrected chi connectivity index (χ3v) is 3.35. The Morgan fingerprint density at radius 2 is 1.90 bits per heavy atom. The molecule has 0 aliphatic rings. The first kappa shape index (κ1) is 13.6. The molecule has 1 heterocycles. The molecule has 0 atom stereocenters. The van der Waals surface area contributed by atoms with Gasteiger partial charge in [0.15, 0.2) is 11.6 Å². The van der Waals surface area contributed by atoms with Crippen LogP contribution in [-0.4, -0.2) is 26.1 Å². The van der Waals surface area contributed by atoms with Crippen molar-refractivity contribution in [3.8, 4) is 5.69 Å². The van der Waals surface area contributed by atoms with Gasteiger partial charge in [-0.2, -0.15) is 0 Å². The molecule has 0 fully saturated rings. The van der Waals surface area contributed by atoms with E-state index in [9.17, 15) is 18.7 Å². The van der Waals surface area contributed by atoms with Gasteiger partial charge in [-0.15, -0.1) is 5.10 Å². The smallest absolute Gasteiger partial charge is 0.337 e. The van der Waals surface area contributed by atoms with Crippen LogP contribution in [0.25, 0.3) is 16.7 Å². The number of carboxylic acids is 1. The molecule has 0 spiro atoms. The molecule has 0 unspecified atom stereocenters. The Labute approximate surface area is 124 Å². The highest BCUT2D eigenvalue weighted by molar-refractivity contribution is 9.10. The summed E-state index contributed by atoms with van der Waals surface area (Å²) in [6.07, 6.45) is 0. The highest BCUT2D eigenvalue weighted by Gasteiger charge is 2.20. The van der Waals surface area contributed by atoms with Crippen molar-refractivity contribution in [2.45, 2.75) is 0 Å². The molecule has 0 bridgehead atoms. The lowest BCUT2D eigenvalue weighted by Crippen LogP contribution is -2.07. The van der Waals surface area contributed by atoms with Crippen LogP contribution in [0.4, 0.5) is 8.78 Å². The molecular weight excluding hydrogens is 348 g/mol. The Bertz CT molecular complexity index is 856. The summed E-state index contributed by atoms with van der Waals surface area (Å²) in [5, 5.41) is 16.6. The minimum Gasteiger partial charge on any atom is -0.478 e. The number of carboxylic acid groups (broad SMARTS) is 1. The molecule has 1 aromatic heterocycles. The van der Waals surface area contributed by atoms with E-state index in [4.69, 9.17) is 0 Å². The lowest BCUT2D eigenvalue weighted by atomic mass is 10.1. The predicted molar refractivity (Wildman–Crippen MR) is 73.4 cm³/mol. The maximum absolute atomic E-state index is 14.0. The lowest BCUT2D eigenvalue weighted by Gasteiger charge is -2.07. The average molecular weight is 354 g/mol. The van der Waals surface area contributed by atoms with Gasteiger partial charge in [-0.1, -0.05) is 27.2 Å². The van der Waals surface area contributed by atoms with E-state index >= 15 is 0 Å². The highest BCUT2D eigenvalue weighted by Crippen LogP contribution is 2.26. The SMILES string of the molecule is O=C(O)c1cccc2nnn(-c3c(F)cc(Br)cc3F)c12. The van der Waals surface area contributed by atoms with Crippen LogP contribution in [0.15, 0.2) is 34.8 Å². The van der Waals surface area contributed by atoms with E-state index in [1.54, 1.807) is 0 Å². The maximum Gasteiger partial charge on any atom is 0.337 e. The minimum atomic E-state index is -1.23. The van der Waals surface area contributed by atoms with Crippen LogP contribution in [0.3, 0.4) is 0 Å². The molecule has 21 heavy (non-hydrogen) atoms. The van der Waals surface area contributed by atoms with Crippen molar-refractivity contribution in [1.29, 1.82) is 0 Å². The molecule has 0 radical (unpaired) electrons. The van der Waals surface area contributed by atoms with Gasteiger partial charge in [-0.25, -0.2) is 18.3 Å². The number of carbonyl (C=O) groups is 1. The summed E-state index contributed by atoms with van der Waals surface area (Å²) in [6.45, 7) is 0. The van der Waals surface area contributed by atoms with Gasteiger partial charge in [0.1, 0.15) is 16.7 Å². The molecule has 0 aliphatic carbocycles. The first-order chi connectivity index (χ1) is 9.99. The van der Waals surface area contributed by atoms with E-state index in [1.807, 2.05) is 0 Å². The lowest BCUT2D eigenvalue weighted by molar-refractivity contribution is 0.0698. The van der Waals surface area contributed by atoms with Gasteiger partial charge in [-0.05, 0) is 24.3 Å². The Kier molecular flexibility index (Phi) is 3.17. The number of rotatable bonds is 2. The number of para-hydroxylation sites is 1. The Morgan fingerprint density at radius 3 is 2.52 bits per heavy atom. The number of halogens is 3. The van der Waals surface area contributed by atoms with Crippen molar-refractivity contribution in [2.75, 3.05) is 0 Å². The number of hydrogen-bond acceptors (Lipinski definition) is 3. The standard InChI is InChI=1S/C13H6BrF2N3O2/c14-6-4-8(15)12(9(16)5-6)19-11-7(13(20)21)2-1-3-10(11)17-18-19/h1-5H,(H,20,21). The average Bonchev–Trinajstić information content (AvgIpc) is 2.81. The third-order valence-electron chi connectivity index (χ3n) is 2.89. The molecule has 2 aromatic carbocycles. The van der Waals surface area contributed by atoms with Crippen LogP contribution in [0, 0.1) is 11.6 Å². The molecule has 0 saturated carbocycles. The van der Waals surface area contributed by atoms with E-state index in [0.29, 0.717) is 0 Å². The number of nitrogens with zero attached hydrogens (tertiary/aromatic N) is 3. The predicted octanol–water partition coefficient (Wildman–Crippen LogP) is 3.16. The quantitative estimate of drug-likeness (QED) is 0.768. The second kappa shape index (κ2) is 4.88. The van der Waals surface area contributed by atoms with Crippen molar-refractivity contribution in [1.82, 2.24) is 15.0 Å². The first-order valence-corrected chi connectivity index (χ1v) is 6.51. The molecule has 5 nitrogen and oxygen atoms in total. The third kappa shape index (κ3) is 2.17. The number of aromatic nitrogens is 3. The number of fused-ring (bicyclic) bond motifs is 1. The Hall–Kier alpha value is -2.35. The number of hydrogen-bond donors (Lipinski definition) is 1. The van der Waals surface area contributed by atoms with Crippen LogP contribution in [0.1, 0.15) is 10.4 Å². The number of benzene rings is 2. The molecule has 0 saturated heterocycles. The van der Waals surface area contributed by atoms with Crippen molar-refractivity contribution >= 4 is 32.9 Å². The molecule has 1 N–H and O–H groups in total. The maximum atomic E-state index is 14.0. The fraction of sp³-hybridized carbons (Fsp3) is 0. The van der Waals surface area contributed by atoms with Gasteiger partial charge in [0.2, 0.25) is 0 Å². The molecular formula is C13H6BrF2N3O2. The van der Waals surface area contributed by atoms with Crippen molar-refractivity contribution < 1.29 is 18.7 Å². The van der Waals surface area contributed by atoms with E-state index < -0.39 is 23.3 Å². The highest BCUT2D eigenvalue weighted by atomic mass is 79.9. The first-order valence-electron chi connectivity index (χ1n) is 5.71.